The topological polar surface area (TPSA) is 46.5 Å². The molecule has 0 spiro atoms. The first kappa shape index (κ1) is 10.6. The summed E-state index contributed by atoms with van der Waals surface area (Å²) in [5, 5.41) is 9.70. The van der Waals surface area contributed by atoms with Crippen LogP contribution in [0.1, 0.15) is 17.5 Å². The highest BCUT2D eigenvalue weighted by molar-refractivity contribution is 5.53. The predicted octanol–water partition coefficient (Wildman–Crippen LogP) is 1.84. The van der Waals surface area contributed by atoms with E-state index >= 15 is 0 Å². The van der Waals surface area contributed by atoms with Gasteiger partial charge in [0.15, 0.2) is 11.5 Å². The van der Waals surface area contributed by atoms with Crippen LogP contribution in [-0.2, 0) is 11.2 Å². The lowest BCUT2D eigenvalue weighted by Crippen LogP contribution is -1.92. The zero-order valence-electron chi connectivity index (χ0n) is 8.41. The molecule has 1 rings (SSSR count). The zero-order valence-corrected chi connectivity index (χ0v) is 8.41. The Kier molecular flexibility index (Phi) is 3.51. The first-order valence-corrected chi connectivity index (χ1v) is 4.49. The number of hydrogen-bond donors (Lipinski definition) is 1. The molecule has 1 N–H and O–H groups in total. The summed E-state index contributed by atoms with van der Waals surface area (Å²) in [5.74, 6) is 0.603. The van der Waals surface area contributed by atoms with E-state index < -0.39 is 0 Å². The highest BCUT2D eigenvalue weighted by atomic mass is 16.5. The molecule has 0 aliphatic rings. The molecular formula is C11H14O3. The van der Waals surface area contributed by atoms with E-state index in [-0.39, 0.29) is 5.75 Å². The minimum atomic E-state index is 0.139. The average Bonchev–Trinajstić information content (AvgIpc) is 2.18. The van der Waals surface area contributed by atoms with Crippen LogP contribution in [0.25, 0.3) is 0 Å². The van der Waals surface area contributed by atoms with Gasteiger partial charge >= 0.3 is 0 Å². The third-order valence-electron chi connectivity index (χ3n) is 2.05. The zero-order chi connectivity index (χ0) is 10.6. The van der Waals surface area contributed by atoms with Crippen molar-refractivity contribution in [1.29, 1.82) is 0 Å². The molecule has 76 valence electrons. The summed E-state index contributed by atoms with van der Waals surface area (Å²) >= 11 is 0. The summed E-state index contributed by atoms with van der Waals surface area (Å²) in [7, 11) is 1.51. The van der Waals surface area contributed by atoms with Crippen LogP contribution in [0, 0.1) is 6.92 Å². The Hall–Kier alpha value is -1.51. The van der Waals surface area contributed by atoms with Gasteiger partial charge in [-0.2, -0.15) is 0 Å². The Bertz CT molecular complexity index is 332. The lowest BCUT2D eigenvalue weighted by atomic mass is 10.1. The Morgan fingerprint density at radius 3 is 2.79 bits per heavy atom. The number of methoxy groups -OCH3 is 1. The monoisotopic (exact) mass is 194 g/mol. The molecule has 1 aromatic rings. The van der Waals surface area contributed by atoms with E-state index in [1.165, 1.54) is 7.11 Å². The first-order chi connectivity index (χ1) is 6.69. The van der Waals surface area contributed by atoms with Crippen LogP contribution in [0.15, 0.2) is 12.1 Å². The van der Waals surface area contributed by atoms with Crippen molar-refractivity contribution in [1.82, 2.24) is 0 Å². The maximum atomic E-state index is 10.2. The SMILES string of the molecule is COc1cc(C)cc(CCC=O)c1O. The first-order valence-electron chi connectivity index (χ1n) is 4.49. The number of aromatic hydroxyl groups is 1. The van der Waals surface area contributed by atoms with Crippen LogP contribution in [0.3, 0.4) is 0 Å². The number of phenolic OH excluding ortho intramolecular Hbond substituents is 1. The van der Waals surface area contributed by atoms with E-state index in [1.807, 2.05) is 13.0 Å². The summed E-state index contributed by atoms with van der Waals surface area (Å²) < 4.78 is 5.01. The molecule has 0 bridgehead atoms. The summed E-state index contributed by atoms with van der Waals surface area (Å²) in [6.07, 6.45) is 1.81. The van der Waals surface area contributed by atoms with Gasteiger partial charge in [0.2, 0.25) is 0 Å². The molecule has 0 heterocycles. The number of carbonyl (C=O) groups is 1. The minimum absolute atomic E-state index is 0.139. The van der Waals surface area contributed by atoms with Crippen molar-refractivity contribution in [3.63, 3.8) is 0 Å². The molecule has 0 amide bonds. The van der Waals surface area contributed by atoms with Crippen LogP contribution in [0.5, 0.6) is 11.5 Å². The van der Waals surface area contributed by atoms with Crippen molar-refractivity contribution in [2.24, 2.45) is 0 Å². The van der Waals surface area contributed by atoms with E-state index in [9.17, 15) is 9.90 Å². The lowest BCUT2D eigenvalue weighted by molar-refractivity contribution is -0.107. The van der Waals surface area contributed by atoms with Crippen LogP contribution < -0.4 is 4.74 Å². The van der Waals surface area contributed by atoms with E-state index in [0.717, 1.165) is 17.4 Å². The normalized spacial score (nSPS) is 9.86. The number of ether oxygens (including phenoxy) is 1. The second-order valence-electron chi connectivity index (χ2n) is 3.18. The van der Waals surface area contributed by atoms with Gasteiger partial charge in [0.1, 0.15) is 6.29 Å². The molecule has 0 fully saturated rings. The summed E-state index contributed by atoms with van der Waals surface area (Å²) in [6.45, 7) is 1.92. The Morgan fingerprint density at radius 1 is 1.50 bits per heavy atom. The van der Waals surface area contributed by atoms with Crippen molar-refractivity contribution in [2.75, 3.05) is 7.11 Å². The van der Waals surface area contributed by atoms with Gasteiger partial charge in [0, 0.05) is 6.42 Å². The van der Waals surface area contributed by atoms with E-state index in [1.54, 1.807) is 6.07 Å². The second-order valence-corrected chi connectivity index (χ2v) is 3.18. The van der Waals surface area contributed by atoms with Crippen molar-refractivity contribution in [3.05, 3.63) is 23.3 Å². The van der Waals surface area contributed by atoms with Gasteiger partial charge in [-0.1, -0.05) is 6.07 Å². The average molecular weight is 194 g/mol. The third kappa shape index (κ3) is 2.25. The quantitative estimate of drug-likeness (QED) is 0.744. The van der Waals surface area contributed by atoms with Crippen LogP contribution >= 0.6 is 0 Å². The van der Waals surface area contributed by atoms with Crippen molar-refractivity contribution in [2.45, 2.75) is 19.8 Å². The fourth-order valence-electron chi connectivity index (χ4n) is 1.38. The molecule has 3 heteroatoms. The highest BCUT2D eigenvalue weighted by Crippen LogP contribution is 2.31. The maximum absolute atomic E-state index is 10.2. The Morgan fingerprint density at radius 2 is 2.21 bits per heavy atom. The lowest BCUT2D eigenvalue weighted by Gasteiger charge is -2.09. The van der Waals surface area contributed by atoms with Crippen molar-refractivity contribution >= 4 is 6.29 Å². The summed E-state index contributed by atoms with van der Waals surface area (Å²) in [6, 6.07) is 3.63. The second kappa shape index (κ2) is 4.65. The van der Waals surface area contributed by atoms with Crippen LogP contribution in [-0.4, -0.2) is 18.5 Å². The largest absolute Gasteiger partial charge is 0.504 e. The van der Waals surface area contributed by atoms with Crippen molar-refractivity contribution in [3.8, 4) is 11.5 Å². The third-order valence-corrected chi connectivity index (χ3v) is 2.05. The maximum Gasteiger partial charge on any atom is 0.161 e. The Labute approximate surface area is 83.3 Å². The molecule has 0 saturated heterocycles. The van der Waals surface area contributed by atoms with E-state index in [0.29, 0.717) is 18.6 Å². The fourth-order valence-corrected chi connectivity index (χ4v) is 1.38. The molecule has 0 aliphatic carbocycles. The van der Waals surface area contributed by atoms with Gasteiger partial charge in [-0.05, 0) is 30.5 Å². The summed E-state index contributed by atoms with van der Waals surface area (Å²) in [5.41, 5.74) is 1.77. The molecule has 0 atom stereocenters. The van der Waals surface area contributed by atoms with Gasteiger partial charge < -0.3 is 14.6 Å². The van der Waals surface area contributed by atoms with Gasteiger partial charge in [-0.3, -0.25) is 0 Å². The van der Waals surface area contributed by atoms with Crippen molar-refractivity contribution < 1.29 is 14.6 Å². The number of rotatable bonds is 4. The molecule has 0 aromatic heterocycles. The van der Waals surface area contributed by atoms with E-state index in [4.69, 9.17) is 4.74 Å². The Balaban J connectivity index is 3.02. The number of aldehydes is 1. The molecular weight excluding hydrogens is 180 g/mol. The van der Waals surface area contributed by atoms with Gasteiger partial charge in [0.25, 0.3) is 0 Å². The molecule has 0 radical (unpaired) electrons. The number of hydrogen-bond acceptors (Lipinski definition) is 3. The van der Waals surface area contributed by atoms with Gasteiger partial charge in [-0.15, -0.1) is 0 Å². The number of phenols is 1. The number of aryl methyl sites for hydroxylation is 2. The number of carbonyl (C=O) groups excluding carboxylic acids is 1. The fraction of sp³-hybridized carbons (Fsp3) is 0.364. The predicted molar refractivity (Wildman–Crippen MR) is 53.8 cm³/mol. The number of benzene rings is 1. The molecule has 0 unspecified atom stereocenters. The van der Waals surface area contributed by atoms with Crippen LogP contribution in [0.2, 0.25) is 0 Å². The standard InChI is InChI=1S/C11H14O3/c1-8-6-9(4-3-5-12)11(13)10(7-8)14-2/h5-7,13H,3-4H2,1-2H3. The highest BCUT2D eigenvalue weighted by Gasteiger charge is 2.08. The van der Waals surface area contributed by atoms with E-state index in [2.05, 4.69) is 0 Å². The van der Waals surface area contributed by atoms with Gasteiger partial charge in [-0.25, -0.2) is 0 Å². The van der Waals surface area contributed by atoms with Crippen LogP contribution in [0.4, 0.5) is 0 Å². The molecule has 0 saturated carbocycles. The molecule has 3 nitrogen and oxygen atoms in total. The molecule has 0 aliphatic heterocycles. The minimum Gasteiger partial charge on any atom is -0.504 e. The summed E-state index contributed by atoms with van der Waals surface area (Å²) in [4.78, 5) is 10.2. The molecule has 1 aromatic carbocycles. The smallest absolute Gasteiger partial charge is 0.161 e. The van der Waals surface area contributed by atoms with Gasteiger partial charge in [0.05, 0.1) is 7.11 Å². The molecule has 14 heavy (non-hydrogen) atoms.